The fourth-order valence-electron chi connectivity index (χ4n) is 2.99. The van der Waals surface area contributed by atoms with Crippen LogP contribution < -0.4 is 9.64 Å². The first-order valence-electron chi connectivity index (χ1n) is 9.30. The highest BCUT2D eigenvalue weighted by molar-refractivity contribution is 7.98. The molecule has 0 heterocycles. The number of carboxylic acid groups (broad SMARTS) is 1. The van der Waals surface area contributed by atoms with E-state index in [9.17, 15) is 27.9 Å². The van der Waals surface area contributed by atoms with Crippen molar-refractivity contribution >= 4 is 29.3 Å². The lowest BCUT2D eigenvalue weighted by atomic mass is 10.0. The molecule has 0 atom stereocenters. The van der Waals surface area contributed by atoms with E-state index < -0.39 is 18.2 Å². The van der Waals surface area contributed by atoms with Crippen molar-refractivity contribution in [2.75, 3.05) is 11.2 Å². The third-order valence-corrected chi connectivity index (χ3v) is 5.27. The molecule has 0 fully saturated rings. The SMILES string of the molecule is CSc1ccc(CN(C(=O)C(=O)O)c2ccc(-c3ccc(OC(F)(F)F)cc3)cc2)cc1. The Morgan fingerprint density at radius 1 is 0.906 bits per heavy atom. The van der Waals surface area contributed by atoms with E-state index in [1.807, 2.05) is 30.5 Å². The molecule has 0 saturated carbocycles. The van der Waals surface area contributed by atoms with Crippen LogP contribution in [0, 0.1) is 0 Å². The molecule has 9 heteroatoms. The minimum Gasteiger partial charge on any atom is -0.474 e. The standard InChI is InChI=1S/C23H18F3NO4S/c1-32-20-12-2-15(3-13-20)14-27(21(28)22(29)30)18-8-4-16(5-9-18)17-6-10-19(11-7-17)31-23(24,25)26/h2-13H,14H2,1H3,(H,29,30). The summed E-state index contributed by atoms with van der Waals surface area (Å²) in [4.78, 5) is 25.8. The number of halogens is 3. The third kappa shape index (κ3) is 6.04. The molecule has 0 bridgehead atoms. The van der Waals surface area contributed by atoms with E-state index in [4.69, 9.17) is 0 Å². The number of alkyl halides is 3. The highest BCUT2D eigenvalue weighted by atomic mass is 32.2. The number of hydrogen-bond donors (Lipinski definition) is 1. The van der Waals surface area contributed by atoms with Gasteiger partial charge in [-0.1, -0.05) is 36.4 Å². The quantitative estimate of drug-likeness (QED) is 0.383. The summed E-state index contributed by atoms with van der Waals surface area (Å²) in [6.07, 6.45) is -2.83. The molecule has 0 saturated heterocycles. The Hall–Kier alpha value is -3.46. The molecule has 0 unspecified atom stereocenters. The van der Waals surface area contributed by atoms with Crippen molar-refractivity contribution in [2.45, 2.75) is 17.8 Å². The lowest BCUT2D eigenvalue weighted by Crippen LogP contribution is -2.36. The molecule has 5 nitrogen and oxygen atoms in total. The third-order valence-electron chi connectivity index (χ3n) is 4.53. The van der Waals surface area contributed by atoms with Crippen molar-refractivity contribution in [3.63, 3.8) is 0 Å². The summed E-state index contributed by atoms with van der Waals surface area (Å²) in [7, 11) is 0. The van der Waals surface area contributed by atoms with Crippen molar-refractivity contribution in [2.24, 2.45) is 0 Å². The monoisotopic (exact) mass is 461 g/mol. The van der Waals surface area contributed by atoms with Crippen molar-refractivity contribution in [3.05, 3.63) is 78.4 Å². The molecular formula is C23H18F3NO4S. The number of benzene rings is 3. The minimum absolute atomic E-state index is 0.0720. The molecule has 0 radical (unpaired) electrons. The van der Waals surface area contributed by atoms with Crippen molar-refractivity contribution < 1.29 is 32.6 Å². The first kappa shape index (κ1) is 23.2. The molecule has 3 aromatic carbocycles. The van der Waals surface area contributed by atoms with E-state index in [2.05, 4.69) is 4.74 Å². The number of hydrogen-bond acceptors (Lipinski definition) is 4. The number of aliphatic carboxylic acids is 1. The smallest absolute Gasteiger partial charge is 0.474 e. The topological polar surface area (TPSA) is 66.8 Å². The number of carbonyl (C=O) groups excluding carboxylic acids is 1. The largest absolute Gasteiger partial charge is 0.573 e. The van der Waals surface area contributed by atoms with Gasteiger partial charge >= 0.3 is 18.2 Å². The second-order valence-electron chi connectivity index (χ2n) is 6.66. The van der Waals surface area contributed by atoms with Crippen LogP contribution in [0.1, 0.15) is 5.56 Å². The lowest BCUT2D eigenvalue weighted by Gasteiger charge is -2.21. The van der Waals surface area contributed by atoms with Crippen LogP contribution in [0.25, 0.3) is 11.1 Å². The summed E-state index contributed by atoms with van der Waals surface area (Å²) >= 11 is 1.57. The summed E-state index contributed by atoms with van der Waals surface area (Å²) < 4.78 is 40.8. The molecule has 3 aromatic rings. The van der Waals surface area contributed by atoms with Gasteiger partial charge in [0.2, 0.25) is 0 Å². The number of thioether (sulfide) groups is 1. The minimum atomic E-state index is -4.76. The second-order valence-corrected chi connectivity index (χ2v) is 7.54. The Morgan fingerprint density at radius 3 is 1.91 bits per heavy atom. The molecular weight excluding hydrogens is 443 g/mol. The number of nitrogens with zero attached hydrogens (tertiary/aromatic N) is 1. The summed E-state index contributed by atoms with van der Waals surface area (Å²) in [5.74, 6) is -2.97. The van der Waals surface area contributed by atoms with Crippen LogP contribution in [-0.2, 0) is 16.1 Å². The predicted octanol–water partition coefficient (Wildman–Crippen LogP) is 5.59. The normalized spacial score (nSPS) is 11.1. The van der Waals surface area contributed by atoms with Gasteiger partial charge in [0.15, 0.2) is 0 Å². The van der Waals surface area contributed by atoms with Crippen LogP contribution in [0.4, 0.5) is 18.9 Å². The number of anilines is 1. The van der Waals surface area contributed by atoms with Crippen LogP contribution in [-0.4, -0.2) is 29.6 Å². The van der Waals surface area contributed by atoms with Crippen LogP contribution in [0.5, 0.6) is 5.75 Å². The number of rotatable bonds is 6. The summed E-state index contributed by atoms with van der Waals surface area (Å²) in [5, 5.41) is 9.23. The van der Waals surface area contributed by atoms with Gasteiger partial charge in [-0.2, -0.15) is 0 Å². The van der Waals surface area contributed by atoms with Gasteiger partial charge in [-0.15, -0.1) is 24.9 Å². The van der Waals surface area contributed by atoms with Gasteiger partial charge in [0.05, 0.1) is 6.54 Å². The number of carbonyl (C=O) groups is 2. The van der Waals surface area contributed by atoms with Gasteiger partial charge in [-0.3, -0.25) is 9.69 Å². The van der Waals surface area contributed by atoms with Crippen LogP contribution >= 0.6 is 11.8 Å². The number of amides is 1. The summed E-state index contributed by atoms with van der Waals surface area (Å²) in [6.45, 7) is 0.0720. The van der Waals surface area contributed by atoms with Gasteiger partial charge < -0.3 is 9.84 Å². The van der Waals surface area contributed by atoms with E-state index in [0.717, 1.165) is 15.4 Å². The summed E-state index contributed by atoms with van der Waals surface area (Å²) in [6, 6.07) is 19.3. The van der Waals surface area contributed by atoms with Crippen molar-refractivity contribution in [1.29, 1.82) is 0 Å². The van der Waals surface area contributed by atoms with Gasteiger partial charge in [0, 0.05) is 10.6 Å². The van der Waals surface area contributed by atoms with E-state index in [-0.39, 0.29) is 12.3 Å². The zero-order valence-corrected chi connectivity index (χ0v) is 17.6. The van der Waals surface area contributed by atoms with E-state index in [0.29, 0.717) is 16.8 Å². The highest BCUT2D eigenvalue weighted by Gasteiger charge is 2.31. The Bertz CT molecular complexity index is 1080. The number of carboxylic acids is 1. The molecule has 0 aliphatic heterocycles. The van der Waals surface area contributed by atoms with Crippen LogP contribution in [0.3, 0.4) is 0 Å². The maximum absolute atomic E-state index is 12.3. The van der Waals surface area contributed by atoms with Gasteiger partial charge in [-0.05, 0) is 59.3 Å². The fraction of sp³-hybridized carbons (Fsp3) is 0.130. The zero-order chi connectivity index (χ0) is 23.3. The molecule has 0 aliphatic rings. The van der Waals surface area contributed by atoms with E-state index in [1.165, 1.54) is 24.3 Å². The number of ether oxygens (including phenoxy) is 1. The second kappa shape index (κ2) is 9.78. The molecule has 0 spiro atoms. The Balaban J connectivity index is 1.82. The molecule has 0 aliphatic carbocycles. The van der Waals surface area contributed by atoms with Gasteiger partial charge in [0.1, 0.15) is 5.75 Å². The molecule has 1 N–H and O–H groups in total. The lowest BCUT2D eigenvalue weighted by molar-refractivity contribution is -0.274. The highest BCUT2D eigenvalue weighted by Crippen LogP contribution is 2.28. The van der Waals surface area contributed by atoms with Crippen LogP contribution in [0.2, 0.25) is 0 Å². The fourth-order valence-corrected chi connectivity index (χ4v) is 3.40. The van der Waals surface area contributed by atoms with Crippen molar-refractivity contribution in [3.8, 4) is 16.9 Å². The summed E-state index contributed by atoms with van der Waals surface area (Å²) in [5.41, 5.74) is 2.46. The first-order valence-corrected chi connectivity index (χ1v) is 10.5. The average molecular weight is 461 g/mol. The Labute approximate surface area is 186 Å². The van der Waals surface area contributed by atoms with E-state index in [1.54, 1.807) is 36.0 Å². The predicted molar refractivity (Wildman–Crippen MR) is 116 cm³/mol. The van der Waals surface area contributed by atoms with E-state index >= 15 is 0 Å². The maximum Gasteiger partial charge on any atom is 0.573 e. The Kier molecular flexibility index (Phi) is 7.09. The maximum atomic E-state index is 12.3. The van der Waals surface area contributed by atoms with Gasteiger partial charge in [0.25, 0.3) is 0 Å². The average Bonchev–Trinajstić information content (AvgIpc) is 2.77. The molecule has 3 rings (SSSR count). The zero-order valence-electron chi connectivity index (χ0n) is 16.8. The molecule has 1 amide bonds. The Morgan fingerprint density at radius 2 is 1.44 bits per heavy atom. The van der Waals surface area contributed by atoms with Gasteiger partial charge in [-0.25, -0.2) is 4.79 Å². The molecule has 32 heavy (non-hydrogen) atoms. The van der Waals surface area contributed by atoms with Crippen LogP contribution in [0.15, 0.2) is 77.7 Å². The molecule has 0 aromatic heterocycles. The first-order chi connectivity index (χ1) is 15.2. The molecule has 166 valence electrons. The van der Waals surface area contributed by atoms with Crippen molar-refractivity contribution in [1.82, 2.24) is 0 Å².